The zero-order chi connectivity index (χ0) is 25.5. The molecule has 2 aliphatic rings. The average molecular weight is 546 g/mol. The lowest BCUT2D eigenvalue weighted by molar-refractivity contribution is -0.141. The molecular formula is C20H16Cl2F3N7O2S. The molecule has 0 bridgehead atoms. The van der Waals surface area contributed by atoms with Crippen molar-refractivity contribution in [1.82, 2.24) is 34.4 Å². The fraction of sp³-hybridized carbons (Fsp3) is 0.200. The molecule has 4 rings (SSSR count). The van der Waals surface area contributed by atoms with Crippen molar-refractivity contribution < 1.29 is 22.8 Å². The van der Waals surface area contributed by atoms with Crippen LogP contribution in [0.25, 0.3) is 5.82 Å². The van der Waals surface area contributed by atoms with Gasteiger partial charge in [0, 0.05) is 24.5 Å². The molecule has 0 saturated heterocycles. The monoisotopic (exact) mass is 545 g/mol. The van der Waals surface area contributed by atoms with E-state index in [9.17, 15) is 22.8 Å². The molecule has 2 amide bonds. The third kappa shape index (κ3) is 4.97. The van der Waals surface area contributed by atoms with Crippen LogP contribution in [0.15, 0.2) is 58.8 Å². The lowest BCUT2D eigenvalue weighted by Crippen LogP contribution is -2.38. The van der Waals surface area contributed by atoms with Crippen LogP contribution < -0.4 is 15.4 Å². The number of carbonyl (C=O) groups is 2. The molecular weight excluding hydrogens is 530 g/mol. The third-order valence-corrected chi connectivity index (χ3v) is 6.16. The number of allylic oxidation sites excluding steroid dienone is 1. The van der Waals surface area contributed by atoms with Crippen LogP contribution in [-0.4, -0.2) is 36.9 Å². The molecule has 0 aliphatic carbocycles. The molecule has 0 radical (unpaired) electrons. The number of alkyl halides is 3. The predicted molar refractivity (Wildman–Crippen MR) is 124 cm³/mol. The lowest BCUT2D eigenvalue weighted by atomic mass is 10.1. The highest BCUT2D eigenvalue weighted by molar-refractivity contribution is 7.95. The molecule has 2 aromatic rings. The number of nitrogens with zero attached hydrogens (tertiary/aromatic N) is 4. The maximum Gasteiger partial charge on any atom is 0.435 e. The van der Waals surface area contributed by atoms with E-state index in [1.165, 1.54) is 28.7 Å². The molecule has 2 aliphatic heterocycles. The largest absolute Gasteiger partial charge is 0.435 e. The van der Waals surface area contributed by atoms with E-state index in [2.05, 4.69) is 25.4 Å². The molecule has 0 spiro atoms. The van der Waals surface area contributed by atoms with Gasteiger partial charge < -0.3 is 15.4 Å². The topological polar surface area (TPSA) is 104 Å². The zero-order valence-corrected chi connectivity index (χ0v) is 20.3. The van der Waals surface area contributed by atoms with Gasteiger partial charge >= 0.3 is 6.18 Å². The summed E-state index contributed by atoms with van der Waals surface area (Å²) in [6.45, 7) is 3.49. The molecule has 4 heterocycles. The fourth-order valence-corrected chi connectivity index (χ4v) is 4.34. The average Bonchev–Trinajstić information content (AvgIpc) is 3.42. The molecule has 9 nitrogen and oxygen atoms in total. The summed E-state index contributed by atoms with van der Waals surface area (Å²) in [6.07, 6.45) is -0.466. The summed E-state index contributed by atoms with van der Waals surface area (Å²) in [4.78, 5) is 30.1. The van der Waals surface area contributed by atoms with Gasteiger partial charge in [0.2, 0.25) is 0 Å². The van der Waals surface area contributed by atoms with Crippen LogP contribution >= 0.6 is 35.3 Å². The van der Waals surface area contributed by atoms with Gasteiger partial charge in [-0.1, -0.05) is 23.2 Å². The van der Waals surface area contributed by atoms with Gasteiger partial charge in [-0.15, -0.1) is 0 Å². The fourth-order valence-electron chi connectivity index (χ4n) is 3.13. The molecule has 0 fully saturated rings. The quantitative estimate of drug-likeness (QED) is 0.387. The molecule has 35 heavy (non-hydrogen) atoms. The van der Waals surface area contributed by atoms with Crippen molar-refractivity contribution in [2.45, 2.75) is 26.1 Å². The molecule has 0 unspecified atom stereocenters. The van der Waals surface area contributed by atoms with E-state index in [-0.39, 0.29) is 33.3 Å². The van der Waals surface area contributed by atoms with Crippen LogP contribution in [0.4, 0.5) is 13.2 Å². The Labute approximate surface area is 211 Å². The van der Waals surface area contributed by atoms with E-state index in [0.717, 1.165) is 12.1 Å². The van der Waals surface area contributed by atoms with Crippen molar-refractivity contribution in [3.63, 3.8) is 0 Å². The molecule has 0 aromatic carbocycles. The lowest BCUT2D eigenvalue weighted by Gasteiger charge is -2.26. The number of fused-ring (bicyclic) bond motifs is 1. The summed E-state index contributed by atoms with van der Waals surface area (Å²) >= 11 is 13.7. The van der Waals surface area contributed by atoms with Gasteiger partial charge in [0.15, 0.2) is 11.5 Å². The van der Waals surface area contributed by atoms with Gasteiger partial charge in [0.05, 0.1) is 34.1 Å². The summed E-state index contributed by atoms with van der Waals surface area (Å²) in [7, 11) is 0. The maximum absolute atomic E-state index is 13.4. The molecule has 0 saturated carbocycles. The highest BCUT2D eigenvalue weighted by Gasteiger charge is 2.38. The molecule has 184 valence electrons. The van der Waals surface area contributed by atoms with E-state index in [1.807, 2.05) is 0 Å². The first-order valence-corrected chi connectivity index (χ1v) is 11.4. The Hall–Kier alpha value is -3.16. The number of halogens is 5. The third-order valence-electron chi connectivity index (χ3n) is 4.61. The summed E-state index contributed by atoms with van der Waals surface area (Å²) in [5.41, 5.74) is -1.40. The van der Waals surface area contributed by atoms with Crippen molar-refractivity contribution in [2.24, 2.45) is 0 Å². The first kappa shape index (κ1) is 24.9. The van der Waals surface area contributed by atoms with E-state index in [1.54, 1.807) is 20.0 Å². The second-order valence-corrected chi connectivity index (χ2v) is 9.06. The minimum atomic E-state index is -4.84. The Kier molecular flexibility index (Phi) is 6.75. The Morgan fingerprint density at radius 3 is 2.63 bits per heavy atom. The van der Waals surface area contributed by atoms with Crippen LogP contribution in [0.2, 0.25) is 5.02 Å². The zero-order valence-electron chi connectivity index (χ0n) is 17.9. The van der Waals surface area contributed by atoms with Crippen molar-refractivity contribution in [3.8, 4) is 5.82 Å². The van der Waals surface area contributed by atoms with Gasteiger partial charge in [-0.3, -0.25) is 13.9 Å². The number of pyridine rings is 1. The number of aromatic nitrogens is 3. The van der Waals surface area contributed by atoms with Crippen molar-refractivity contribution in [2.75, 3.05) is 0 Å². The maximum atomic E-state index is 13.4. The molecule has 3 N–H and O–H groups in total. The number of hydrogen-bond acceptors (Lipinski definition) is 7. The van der Waals surface area contributed by atoms with Crippen LogP contribution in [0, 0.1) is 0 Å². The number of amides is 2. The van der Waals surface area contributed by atoms with Crippen molar-refractivity contribution >= 4 is 47.2 Å². The molecule has 2 aromatic heterocycles. The number of nitrogens with one attached hydrogen (secondary N) is 3. The van der Waals surface area contributed by atoms with E-state index >= 15 is 0 Å². The normalized spacial score (nSPS) is 15.5. The minimum absolute atomic E-state index is 0.0156. The van der Waals surface area contributed by atoms with Crippen LogP contribution in [0.5, 0.6) is 0 Å². The predicted octanol–water partition coefficient (Wildman–Crippen LogP) is 3.85. The van der Waals surface area contributed by atoms with Crippen LogP contribution in [0.3, 0.4) is 0 Å². The van der Waals surface area contributed by atoms with Crippen LogP contribution in [0.1, 0.15) is 30.0 Å². The second-order valence-electron chi connectivity index (χ2n) is 7.51. The van der Waals surface area contributed by atoms with E-state index in [4.69, 9.17) is 23.2 Å². The summed E-state index contributed by atoms with van der Waals surface area (Å²) in [5.74, 6) is -1.74. The smallest absolute Gasteiger partial charge is 0.350 e. The minimum Gasteiger partial charge on any atom is -0.350 e. The van der Waals surface area contributed by atoms with Crippen LogP contribution in [-0.2, 0) is 11.0 Å². The summed E-state index contributed by atoms with van der Waals surface area (Å²) < 4.78 is 45.4. The van der Waals surface area contributed by atoms with Gasteiger partial charge in [-0.05, 0) is 32.1 Å². The number of carbonyl (C=O) groups excluding carboxylic acids is 2. The van der Waals surface area contributed by atoms with Crippen molar-refractivity contribution in [1.29, 1.82) is 0 Å². The highest BCUT2D eigenvalue weighted by atomic mass is 35.5. The SMILES string of the molecule is CC(C)NC(=O)C1=CC2=CNSN2C(Cl)=C1NC(=O)c1cc(C(F)(F)F)nn1-c1ncccc1Cl. The van der Waals surface area contributed by atoms with E-state index < -0.39 is 29.4 Å². The first-order valence-electron chi connectivity index (χ1n) is 9.92. The summed E-state index contributed by atoms with van der Waals surface area (Å²) in [5, 5.41) is 8.61. The Balaban J connectivity index is 1.77. The van der Waals surface area contributed by atoms with Gasteiger partial charge in [0.25, 0.3) is 11.8 Å². The summed E-state index contributed by atoms with van der Waals surface area (Å²) in [6, 6.07) is 3.20. The Bertz CT molecular complexity index is 1300. The first-order chi connectivity index (χ1) is 16.5. The standard InChI is InChI=1S/C20H16Cl2F3N7O2S/c1-9(2)28-18(33)11-6-10-8-27-35-32(10)16(22)15(11)29-19(34)13-7-14(20(23,24)25)30-31(13)17-12(21)4-3-5-26-17/h3-9,27H,1-2H3,(H,28,33)(H,29,34). The Morgan fingerprint density at radius 2 is 1.97 bits per heavy atom. The van der Waals surface area contributed by atoms with Crippen molar-refractivity contribution in [3.05, 3.63) is 75.2 Å². The van der Waals surface area contributed by atoms with Gasteiger partial charge in [0.1, 0.15) is 10.9 Å². The number of rotatable bonds is 5. The van der Waals surface area contributed by atoms with Gasteiger partial charge in [-0.25, -0.2) is 9.67 Å². The van der Waals surface area contributed by atoms with Gasteiger partial charge in [-0.2, -0.15) is 18.3 Å². The highest BCUT2D eigenvalue weighted by Crippen LogP contribution is 2.38. The Morgan fingerprint density at radius 1 is 1.23 bits per heavy atom. The van der Waals surface area contributed by atoms with E-state index in [0.29, 0.717) is 16.4 Å². The molecule has 0 atom stereocenters. The second kappa shape index (κ2) is 9.47. The number of hydrogen-bond donors (Lipinski definition) is 3. The molecule has 15 heteroatoms.